The molecule has 2 rings (SSSR count). The second-order valence-electron chi connectivity index (χ2n) is 4.66. The van der Waals surface area contributed by atoms with Crippen molar-refractivity contribution in [2.75, 3.05) is 7.11 Å². The van der Waals surface area contributed by atoms with Crippen LogP contribution >= 0.6 is 0 Å². The van der Waals surface area contributed by atoms with Crippen molar-refractivity contribution in [3.8, 4) is 6.07 Å². The topological polar surface area (TPSA) is 83.2 Å². The molecule has 6 heteroatoms. The molecule has 0 aromatic carbocycles. The SMILES string of the molecule is COC(=O)C1=C(O)CC[C@](C#N)(c2ccc(F)nc2)C1. The largest absolute Gasteiger partial charge is 0.512 e. The minimum absolute atomic E-state index is 0.0231. The van der Waals surface area contributed by atoms with Crippen LogP contribution in [0.15, 0.2) is 29.7 Å². The van der Waals surface area contributed by atoms with Crippen molar-refractivity contribution >= 4 is 5.97 Å². The molecule has 1 aliphatic rings. The molecule has 20 heavy (non-hydrogen) atoms. The monoisotopic (exact) mass is 276 g/mol. The van der Waals surface area contributed by atoms with Gasteiger partial charge in [0.2, 0.25) is 5.95 Å². The Hall–Kier alpha value is -2.42. The summed E-state index contributed by atoms with van der Waals surface area (Å²) in [6.07, 6.45) is 1.84. The number of halogens is 1. The highest BCUT2D eigenvalue weighted by atomic mass is 19.1. The van der Waals surface area contributed by atoms with Gasteiger partial charge in [0.25, 0.3) is 0 Å². The molecule has 1 heterocycles. The van der Waals surface area contributed by atoms with Crippen molar-refractivity contribution in [3.05, 3.63) is 41.2 Å². The van der Waals surface area contributed by atoms with Crippen LogP contribution in [0.25, 0.3) is 0 Å². The molecule has 1 aromatic heterocycles. The number of ether oxygens (including phenoxy) is 1. The summed E-state index contributed by atoms with van der Waals surface area (Å²) in [5.74, 6) is -1.35. The van der Waals surface area contributed by atoms with Crippen LogP contribution in [0.5, 0.6) is 0 Å². The lowest BCUT2D eigenvalue weighted by Crippen LogP contribution is -2.31. The normalized spacial score (nSPS) is 22.2. The highest BCUT2D eigenvalue weighted by Crippen LogP contribution is 2.41. The van der Waals surface area contributed by atoms with Crippen molar-refractivity contribution < 1.29 is 19.0 Å². The van der Waals surface area contributed by atoms with Crippen molar-refractivity contribution in [2.45, 2.75) is 24.7 Å². The fraction of sp³-hybridized carbons (Fsp3) is 0.357. The molecule has 0 fully saturated rings. The number of pyridine rings is 1. The summed E-state index contributed by atoms with van der Waals surface area (Å²) >= 11 is 0. The Morgan fingerprint density at radius 3 is 2.90 bits per heavy atom. The minimum atomic E-state index is -1.00. The Morgan fingerprint density at radius 1 is 1.60 bits per heavy atom. The van der Waals surface area contributed by atoms with Crippen molar-refractivity contribution in [2.24, 2.45) is 0 Å². The maximum atomic E-state index is 12.9. The van der Waals surface area contributed by atoms with E-state index in [4.69, 9.17) is 0 Å². The van der Waals surface area contributed by atoms with Gasteiger partial charge in [-0.1, -0.05) is 6.07 Å². The van der Waals surface area contributed by atoms with Crippen LogP contribution in [0.2, 0.25) is 0 Å². The average Bonchev–Trinajstić information content (AvgIpc) is 2.48. The number of carbonyl (C=O) groups is 1. The predicted octanol–water partition coefficient (Wildman–Crippen LogP) is 2.15. The molecule has 1 aromatic rings. The summed E-state index contributed by atoms with van der Waals surface area (Å²) in [5.41, 5.74) is -0.392. The lowest BCUT2D eigenvalue weighted by molar-refractivity contribution is -0.136. The number of carbonyl (C=O) groups excluding carboxylic acids is 1. The molecule has 0 aliphatic heterocycles. The van der Waals surface area contributed by atoms with E-state index in [1.54, 1.807) is 0 Å². The molecule has 1 N–H and O–H groups in total. The Bertz CT molecular complexity index is 604. The van der Waals surface area contributed by atoms with E-state index in [0.29, 0.717) is 12.0 Å². The molecule has 1 aliphatic carbocycles. The number of nitrogens with zero attached hydrogens (tertiary/aromatic N) is 2. The van der Waals surface area contributed by atoms with E-state index in [9.17, 15) is 19.6 Å². The van der Waals surface area contributed by atoms with Gasteiger partial charge in [0, 0.05) is 19.0 Å². The molecular formula is C14H13FN2O3. The second-order valence-corrected chi connectivity index (χ2v) is 4.66. The number of rotatable bonds is 2. The van der Waals surface area contributed by atoms with Gasteiger partial charge in [-0.2, -0.15) is 9.65 Å². The lowest BCUT2D eigenvalue weighted by atomic mass is 9.70. The maximum Gasteiger partial charge on any atom is 0.337 e. The van der Waals surface area contributed by atoms with Crippen LogP contribution < -0.4 is 0 Å². The third kappa shape index (κ3) is 2.35. The summed E-state index contributed by atoms with van der Waals surface area (Å²) in [4.78, 5) is 15.2. The zero-order valence-corrected chi connectivity index (χ0v) is 10.9. The first-order valence-electron chi connectivity index (χ1n) is 6.05. The van der Waals surface area contributed by atoms with Gasteiger partial charge in [-0.15, -0.1) is 0 Å². The first kappa shape index (κ1) is 14.0. The van der Waals surface area contributed by atoms with Crippen molar-refractivity contribution in [1.29, 1.82) is 5.26 Å². The standard InChI is InChI=1S/C14H13FN2O3/c1-20-13(19)10-6-14(8-16,5-4-11(10)18)9-2-3-12(15)17-7-9/h2-3,7,18H,4-6H2,1H3/t14-/m0/s1. The zero-order valence-electron chi connectivity index (χ0n) is 10.9. The summed E-state index contributed by atoms with van der Waals surface area (Å²) in [7, 11) is 1.21. The highest BCUT2D eigenvalue weighted by molar-refractivity contribution is 5.89. The average molecular weight is 276 g/mol. The zero-order chi connectivity index (χ0) is 14.8. The second kappa shape index (κ2) is 5.29. The van der Waals surface area contributed by atoms with Gasteiger partial charge in [-0.05, 0) is 18.1 Å². The Labute approximate surface area is 115 Å². The van der Waals surface area contributed by atoms with Crippen LogP contribution in [-0.2, 0) is 14.9 Å². The van der Waals surface area contributed by atoms with Crippen LogP contribution in [0.3, 0.4) is 0 Å². The number of hydrogen-bond acceptors (Lipinski definition) is 5. The van der Waals surface area contributed by atoms with Gasteiger partial charge in [0.1, 0.15) is 5.76 Å². The number of aromatic nitrogens is 1. The van der Waals surface area contributed by atoms with E-state index < -0.39 is 17.3 Å². The molecule has 1 atom stereocenters. The molecule has 0 bridgehead atoms. The molecular weight excluding hydrogens is 263 g/mol. The van der Waals surface area contributed by atoms with E-state index in [1.165, 1.54) is 25.4 Å². The van der Waals surface area contributed by atoms with E-state index in [1.807, 2.05) is 0 Å². The summed E-state index contributed by atoms with van der Waals surface area (Å²) in [5, 5.41) is 19.3. The van der Waals surface area contributed by atoms with Gasteiger partial charge >= 0.3 is 5.97 Å². The fourth-order valence-electron chi connectivity index (χ4n) is 2.35. The van der Waals surface area contributed by atoms with E-state index >= 15 is 0 Å². The molecule has 0 unspecified atom stereocenters. The van der Waals surface area contributed by atoms with Crippen molar-refractivity contribution in [1.82, 2.24) is 4.98 Å². The Kier molecular flexibility index (Phi) is 3.70. The molecule has 0 radical (unpaired) electrons. The third-order valence-corrected chi connectivity index (χ3v) is 3.54. The fourth-order valence-corrected chi connectivity index (χ4v) is 2.35. The first-order valence-corrected chi connectivity index (χ1v) is 6.05. The minimum Gasteiger partial charge on any atom is -0.512 e. The van der Waals surface area contributed by atoms with Gasteiger partial charge < -0.3 is 9.84 Å². The molecule has 104 valence electrons. The first-order chi connectivity index (χ1) is 9.52. The highest BCUT2D eigenvalue weighted by Gasteiger charge is 2.40. The van der Waals surface area contributed by atoms with Gasteiger partial charge in [-0.3, -0.25) is 0 Å². The Morgan fingerprint density at radius 2 is 2.35 bits per heavy atom. The van der Waals surface area contributed by atoms with Gasteiger partial charge in [0.05, 0.1) is 24.2 Å². The number of allylic oxidation sites excluding steroid dienone is 1. The number of hydrogen-bond donors (Lipinski definition) is 1. The van der Waals surface area contributed by atoms with Crippen molar-refractivity contribution in [3.63, 3.8) is 0 Å². The quantitative estimate of drug-likeness (QED) is 0.661. The number of aliphatic hydroxyl groups is 1. The molecule has 0 amide bonds. The van der Waals surface area contributed by atoms with Crippen LogP contribution in [0, 0.1) is 17.3 Å². The lowest BCUT2D eigenvalue weighted by Gasteiger charge is -2.31. The van der Waals surface area contributed by atoms with Gasteiger partial charge in [-0.25, -0.2) is 9.78 Å². The number of aliphatic hydroxyl groups excluding tert-OH is 1. The van der Waals surface area contributed by atoms with Crippen LogP contribution in [-0.4, -0.2) is 23.2 Å². The smallest absolute Gasteiger partial charge is 0.337 e. The molecule has 0 spiro atoms. The van der Waals surface area contributed by atoms with E-state index in [-0.39, 0.29) is 24.2 Å². The summed E-state index contributed by atoms with van der Waals surface area (Å²) in [6, 6.07) is 4.81. The summed E-state index contributed by atoms with van der Waals surface area (Å²) < 4.78 is 17.5. The van der Waals surface area contributed by atoms with Crippen LogP contribution in [0.1, 0.15) is 24.8 Å². The van der Waals surface area contributed by atoms with E-state index in [0.717, 1.165) is 0 Å². The molecule has 5 nitrogen and oxygen atoms in total. The summed E-state index contributed by atoms with van der Waals surface area (Å²) in [6.45, 7) is 0. The maximum absolute atomic E-state index is 12.9. The molecule has 0 saturated carbocycles. The predicted molar refractivity (Wildman–Crippen MR) is 67.0 cm³/mol. The van der Waals surface area contributed by atoms with E-state index in [2.05, 4.69) is 15.8 Å². The molecule has 0 saturated heterocycles. The van der Waals surface area contributed by atoms with Gasteiger partial charge in [0.15, 0.2) is 0 Å². The van der Waals surface area contributed by atoms with Crippen LogP contribution in [0.4, 0.5) is 4.39 Å². The number of esters is 1. The third-order valence-electron chi connectivity index (χ3n) is 3.54. The number of nitriles is 1. The Balaban J connectivity index is 2.42. The number of methoxy groups -OCH3 is 1.